The summed E-state index contributed by atoms with van der Waals surface area (Å²) < 4.78 is 6.33. The van der Waals surface area contributed by atoms with Crippen molar-refractivity contribution in [2.24, 2.45) is 0 Å². The smallest absolute Gasteiger partial charge is 0.129 e. The van der Waals surface area contributed by atoms with Crippen molar-refractivity contribution in [1.29, 1.82) is 0 Å². The van der Waals surface area contributed by atoms with Gasteiger partial charge in [-0.15, -0.1) is 0 Å². The van der Waals surface area contributed by atoms with E-state index in [2.05, 4.69) is 45.2 Å². The molecule has 1 atom stereocenters. The Labute approximate surface area is 148 Å². The number of ether oxygens (including phenoxy) is 1. The highest BCUT2D eigenvalue weighted by Gasteiger charge is 2.24. The van der Waals surface area contributed by atoms with Gasteiger partial charge in [-0.25, -0.2) is 9.97 Å². The third-order valence-corrected chi connectivity index (χ3v) is 4.52. The van der Waals surface area contributed by atoms with Gasteiger partial charge in [0.05, 0.1) is 5.69 Å². The molecule has 3 aromatic rings. The molecule has 4 nitrogen and oxygen atoms in total. The van der Waals surface area contributed by atoms with E-state index < -0.39 is 0 Å². The van der Waals surface area contributed by atoms with Crippen molar-refractivity contribution in [1.82, 2.24) is 14.9 Å². The van der Waals surface area contributed by atoms with Gasteiger partial charge in [0.1, 0.15) is 18.2 Å². The summed E-state index contributed by atoms with van der Waals surface area (Å²) in [4.78, 5) is 10.8. The van der Waals surface area contributed by atoms with Gasteiger partial charge in [-0.2, -0.15) is 0 Å². The van der Waals surface area contributed by atoms with Crippen LogP contribution in [0.1, 0.15) is 12.0 Å². The third kappa shape index (κ3) is 3.86. The van der Waals surface area contributed by atoms with E-state index in [0.717, 1.165) is 43.1 Å². The van der Waals surface area contributed by atoms with Crippen LogP contribution >= 0.6 is 0 Å². The normalized spacial score (nSPS) is 17.5. The number of nitrogens with zero attached hydrogens (tertiary/aromatic N) is 3. The minimum absolute atomic E-state index is 0.215. The van der Waals surface area contributed by atoms with Gasteiger partial charge in [-0.05, 0) is 30.2 Å². The van der Waals surface area contributed by atoms with Crippen LogP contribution in [0.5, 0.6) is 5.75 Å². The number of hydrogen-bond acceptors (Lipinski definition) is 4. The average Bonchev–Trinajstić information content (AvgIpc) is 3.10. The maximum atomic E-state index is 6.33. The lowest BCUT2D eigenvalue weighted by molar-refractivity contribution is 0.199. The molecule has 25 heavy (non-hydrogen) atoms. The first kappa shape index (κ1) is 15.8. The lowest BCUT2D eigenvalue weighted by Gasteiger charge is -2.18. The maximum absolute atomic E-state index is 6.33. The molecule has 0 spiro atoms. The molecule has 4 heteroatoms. The molecule has 1 aromatic heterocycles. The zero-order chi connectivity index (χ0) is 16.9. The summed E-state index contributed by atoms with van der Waals surface area (Å²) in [5.41, 5.74) is 3.26. The molecule has 0 aliphatic carbocycles. The summed E-state index contributed by atoms with van der Waals surface area (Å²) in [6.07, 6.45) is 4.59. The number of likely N-dealkylation sites (tertiary alicyclic amines) is 1. The van der Waals surface area contributed by atoms with Crippen molar-refractivity contribution in [3.63, 3.8) is 0 Å². The van der Waals surface area contributed by atoms with Crippen molar-refractivity contribution < 1.29 is 4.74 Å². The lowest BCUT2D eigenvalue weighted by atomic mass is 10.1. The summed E-state index contributed by atoms with van der Waals surface area (Å²) in [5.74, 6) is 0.896. The van der Waals surface area contributed by atoms with Crippen LogP contribution < -0.4 is 4.74 Å². The highest BCUT2D eigenvalue weighted by molar-refractivity contribution is 5.66. The fraction of sp³-hybridized carbons (Fsp3) is 0.238. The molecule has 0 saturated carbocycles. The zero-order valence-corrected chi connectivity index (χ0v) is 14.1. The summed E-state index contributed by atoms with van der Waals surface area (Å²) in [6.45, 7) is 3.00. The average molecular weight is 331 g/mol. The molecule has 126 valence electrons. The molecule has 1 aliphatic heterocycles. The molecule has 2 aromatic carbocycles. The monoisotopic (exact) mass is 331 g/mol. The Morgan fingerprint density at radius 3 is 2.68 bits per heavy atom. The summed E-state index contributed by atoms with van der Waals surface area (Å²) in [6, 6.07) is 20.6. The number of benzene rings is 2. The Kier molecular flexibility index (Phi) is 4.70. The van der Waals surface area contributed by atoms with Crippen LogP contribution in [-0.4, -0.2) is 34.1 Å². The largest absolute Gasteiger partial charge is 0.488 e. The highest BCUT2D eigenvalue weighted by atomic mass is 16.5. The molecule has 1 aliphatic rings. The van der Waals surface area contributed by atoms with E-state index in [1.165, 1.54) is 5.56 Å². The van der Waals surface area contributed by atoms with Crippen LogP contribution in [0.4, 0.5) is 0 Å². The van der Waals surface area contributed by atoms with Crippen molar-refractivity contribution >= 4 is 0 Å². The van der Waals surface area contributed by atoms with E-state index in [4.69, 9.17) is 4.74 Å². The number of rotatable bonds is 5. The molecule has 0 N–H and O–H groups in total. The molecular formula is C21H21N3O. The molecule has 1 fully saturated rings. The van der Waals surface area contributed by atoms with Crippen LogP contribution in [0.25, 0.3) is 11.3 Å². The standard InChI is InChI=1S/C21H21N3O/c1-2-6-17(7-3-1)14-24-13-11-18(15-24)25-21-9-5-4-8-19(21)20-10-12-22-16-23-20/h1-10,12,16,18H,11,13-15H2. The van der Waals surface area contributed by atoms with Gasteiger partial charge < -0.3 is 4.74 Å². The number of aromatic nitrogens is 2. The van der Waals surface area contributed by atoms with E-state index in [9.17, 15) is 0 Å². The predicted molar refractivity (Wildman–Crippen MR) is 98.2 cm³/mol. The van der Waals surface area contributed by atoms with E-state index in [1.807, 2.05) is 30.3 Å². The van der Waals surface area contributed by atoms with Gasteiger partial charge in [0, 0.05) is 31.4 Å². The molecule has 0 bridgehead atoms. The summed E-state index contributed by atoms with van der Waals surface area (Å²) in [5, 5.41) is 0. The van der Waals surface area contributed by atoms with Gasteiger partial charge in [0.15, 0.2) is 0 Å². The van der Waals surface area contributed by atoms with E-state index in [0.29, 0.717) is 0 Å². The van der Waals surface area contributed by atoms with Gasteiger partial charge in [-0.1, -0.05) is 42.5 Å². The third-order valence-electron chi connectivity index (χ3n) is 4.52. The van der Waals surface area contributed by atoms with Crippen LogP contribution in [0, 0.1) is 0 Å². The van der Waals surface area contributed by atoms with Gasteiger partial charge in [0.25, 0.3) is 0 Å². The lowest BCUT2D eigenvalue weighted by Crippen LogP contribution is -2.24. The van der Waals surface area contributed by atoms with Crippen molar-refractivity contribution in [3.8, 4) is 17.0 Å². The Balaban J connectivity index is 1.44. The molecule has 0 amide bonds. The SMILES string of the molecule is c1ccc(CN2CCC(Oc3ccccc3-c3ccncn3)C2)cc1. The minimum Gasteiger partial charge on any atom is -0.488 e. The number of hydrogen-bond donors (Lipinski definition) is 0. The minimum atomic E-state index is 0.215. The molecular weight excluding hydrogens is 310 g/mol. The van der Waals surface area contributed by atoms with Crippen molar-refractivity contribution in [3.05, 3.63) is 78.8 Å². The first-order chi connectivity index (χ1) is 12.4. The fourth-order valence-electron chi connectivity index (χ4n) is 3.29. The molecule has 4 rings (SSSR count). The predicted octanol–water partition coefficient (Wildman–Crippen LogP) is 3.80. The second-order valence-electron chi connectivity index (χ2n) is 6.34. The van der Waals surface area contributed by atoms with E-state index in [1.54, 1.807) is 12.5 Å². The second kappa shape index (κ2) is 7.45. The Bertz CT molecular complexity index is 808. The Morgan fingerprint density at radius 2 is 1.84 bits per heavy atom. The van der Waals surface area contributed by atoms with Gasteiger partial charge in [-0.3, -0.25) is 4.90 Å². The highest BCUT2D eigenvalue weighted by Crippen LogP contribution is 2.30. The Morgan fingerprint density at radius 1 is 1.00 bits per heavy atom. The van der Waals surface area contributed by atoms with Crippen molar-refractivity contribution in [2.45, 2.75) is 19.1 Å². The van der Waals surface area contributed by atoms with Gasteiger partial charge in [0.2, 0.25) is 0 Å². The topological polar surface area (TPSA) is 38.2 Å². The number of para-hydroxylation sites is 1. The van der Waals surface area contributed by atoms with Crippen LogP contribution in [-0.2, 0) is 6.54 Å². The Hall–Kier alpha value is -2.72. The molecule has 0 radical (unpaired) electrons. The first-order valence-corrected chi connectivity index (χ1v) is 8.67. The zero-order valence-electron chi connectivity index (χ0n) is 14.1. The van der Waals surface area contributed by atoms with Crippen LogP contribution in [0.3, 0.4) is 0 Å². The molecule has 1 unspecified atom stereocenters. The van der Waals surface area contributed by atoms with E-state index in [-0.39, 0.29) is 6.10 Å². The maximum Gasteiger partial charge on any atom is 0.129 e. The molecule has 2 heterocycles. The van der Waals surface area contributed by atoms with Crippen LogP contribution in [0.15, 0.2) is 73.2 Å². The summed E-state index contributed by atoms with van der Waals surface area (Å²) in [7, 11) is 0. The van der Waals surface area contributed by atoms with Crippen molar-refractivity contribution in [2.75, 3.05) is 13.1 Å². The molecule has 1 saturated heterocycles. The van der Waals surface area contributed by atoms with Crippen LogP contribution in [0.2, 0.25) is 0 Å². The van der Waals surface area contributed by atoms with Gasteiger partial charge >= 0.3 is 0 Å². The second-order valence-corrected chi connectivity index (χ2v) is 6.34. The quantitative estimate of drug-likeness (QED) is 0.713. The summed E-state index contributed by atoms with van der Waals surface area (Å²) >= 11 is 0. The first-order valence-electron chi connectivity index (χ1n) is 8.67. The van der Waals surface area contributed by atoms with E-state index >= 15 is 0 Å². The fourth-order valence-corrected chi connectivity index (χ4v) is 3.29.